The van der Waals surface area contributed by atoms with Crippen molar-refractivity contribution in [3.05, 3.63) is 54.0 Å². The molecule has 0 amide bonds. The highest BCUT2D eigenvalue weighted by molar-refractivity contribution is 6.01. The predicted molar refractivity (Wildman–Crippen MR) is 97.1 cm³/mol. The van der Waals surface area contributed by atoms with Gasteiger partial charge in [-0.1, -0.05) is 12.1 Å². The standard InChI is InChI=1S/C20H15F3N2O4/c21-12-3-1-2-11(6-12)18-16-7-14(29-20(22)23)4-5-15(16)19(25-17(18)8-24)28-10-13(27)9-26/h1-7,13,20,26-27H,9-10H2/t13-/m1/s1. The van der Waals surface area contributed by atoms with Crippen molar-refractivity contribution in [1.82, 2.24) is 4.98 Å². The summed E-state index contributed by atoms with van der Waals surface area (Å²) >= 11 is 0. The fourth-order valence-electron chi connectivity index (χ4n) is 2.79. The van der Waals surface area contributed by atoms with Crippen LogP contribution in [0.5, 0.6) is 11.6 Å². The molecule has 0 saturated carbocycles. The number of aromatic nitrogens is 1. The van der Waals surface area contributed by atoms with Crippen molar-refractivity contribution >= 4 is 10.8 Å². The SMILES string of the molecule is N#Cc1nc(OC[C@H](O)CO)c2ccc(OC(F)F)cc2c1-c1cccc(F)c1. The van der Waals surface area contributed by atoms with E-state index in [2.05, 4.69) is 9.72 Å². The first-order valence-corrected chi connectivity index (χ1v) is 8.43. The lowest BCUT2D eigenvalue weighted by Gasteiger charge is -2.16. The van der Waals surface area contributed by atoms with Crippen LogP contribution in [0.3, 0.4) is 0 Å². The van der Waals surface area contributed by atoms with E-state index in [4.69, 9.17) is 9.84 Å². The van der Waals surface area contributed by atoms with E-state index in [-0.39, 0.29) is 34.9 Å². The molecule has 1 aromatic heterocycles. The van der Waals surface area contributed by atoms with Gasteiger partial charge in [0.1, 0.15) is 30.3 Å². The van der Waals surface area contributed by atoms with Crippen LogP contribution in [-0.4, -0.2) is 41.1 Å². The van der Waals surface area contributed by atoms with Gasteiger partial charge in [0.2, 0.25) is 5.88 Å². The Balaban J connectivity index is 2.25. The largest absolute Gasteiger partial charge is 0.474 e. The molecule has 0 unspecified atom stereocenters. The molecule has 3 aromatic rings. The smallest absolute Gasteiger partial charge is 0.387 e. The molecular formula is C20H15F3N2O4. The number of rotatable bonds is 7. The van der Waals surface area contributed by atoms with Crippen LogP contribution >= 0.6 is 0 Å². The van der Waals surface area contributed by atoms with Crippen LogP contribution in [-0.2, 0) is 0 Å². The number of hydrogen-bond acceptors (Lipinski definition) is 6. The van der Waals surface area contributed by atoms with Crippen LogP contribution in [0.2, 0.25) is 0 Å². The normalized spacial score (nSPS) is 12.0. The van der Waals surface area contributed by atoms with E-state index in [0.29, 0.717) is 10.9 Å². The number of nitriles is 1. The molecule has 0 aliphatic heterocycles. The number of pyridine rings is 1. The molecule has 3 rings (SSSR count). The van der Waals surface area contributed by atoms with Gasteiger partial charge in [0.05, 0.1) is 6.61 Å². The summed E-state index contributed by atoms with van der Waals surface area (Å²) in [5.74, 6) is -0.764. The summed E-state index contributed by atoms with van der Waals surface area (Å²) in [7, 11) is 0. The summed E-state index contributed by atoms with van der Waals surface area (Å²) in [5.41, 5.74) is 0.401. The zero-order valence-corrected chi connectivity index (χ0v) is 14.8. The summed E-state index contributed by atoms with van der Waals surface area (Å²) in [6.45, 7) is -3.91. The van der Waals surface area contributed by atoms with Gasteiger partial charge in [-0.15, -0.1) is 0 Å². The first kappa shape index (κ1) is 20.4. The molecule has 0 aliphatic rings. The predicted octanol–water partition coefficient (Wildman–Crippen LogP) is 3.25. The quantitative estimate of drug-likeness (QED) is 0.628. The molecule has 1 atom stereocenters. The highest BCUT2D eigenvalue weighted by Gasteiger charge is 2.19. The minimum Gasteiger partial charge on any atom is -0.474 e. The maximum atomic E-state index is 13.8. The van der Waals surface area contributed by atoms with Crippen LogP contribution in [0, 0.1) is 17.1 Å². The first-order valence-electron chi connectivity index (χ1n) is 8.43. The third-order valence-electron chi connectivity index (χ3n) is 4.01. The summed E-state index contributed by atoms with van der Waals surface area (Å²) in [4.78, 5) is 4.13. The molecule has 6 nitrogen and oxygen atoms in total. The fourth-order valence-corrected chi connectivity index (χ4v) is 2.79. The Bertz CT molecular complexity index is 1070. The molecule has 0 fully saturated rings. The van der Waals surface area contributed by atoms with Gasteiger partial charge in [-0.3, -0.25) is 0 Å². The molecule has 9 heteroatoms. The van der Waals surface area contributed by atoms with Gasteiger partial charge >= 0.3 is 6.61 Å². The minimum atomic E-state index is -3.06. The van der Waals surface area contributed by atoms with Crippen molar-refractivity contribution in [3.8, 4) is 28.8 Å². The Morgan fingerprint density at radius 1 is 1.14 bits per heavy atom. The van der Waals surface area contributed by atoms with Gasteiger partial charge in [0.25, 0.3) is 0 Å². The van der Waals surface area contributed by atoms with Crippen LogP contribution < -0.4 is 9.47 Å². The van der Waals surface area contributed by atoms with Gasteiger partial charge in [0, 0.05) is 16.3 Å². The molecule has 2 N–H and O–H groups in total. The highest BCUT2D eigenvalue weighted by atomic mass is 19.3. The number of aliphatic hydroxyl groups excluding tert-OH is 2. The first-order chi connectivity index (χ1) is 13.9. The average molecular weight is 404 g/mol. The zero-order valence-electron chi connectivity index (χ0n) is 14.8. The van der Waals surface area contributed by atoms with Crippen molar-refractivity contribution in [2.75, 3.05) is 13.2 Å². The van der Waals surface area contributed by atoms with E-state index in [9.17, 15) is 23.5 Å². The number of fused-ring (bicyclic) bond motifs is 1. The minimum absolute atomic E-state index is 0.0483. The molecule has 0 spiro atoms. The van der Waals surface area contributed by atoms with Crippen LogP contribution in [0.4, 0.5) is 13.2 Å². The molecule has 0 radical (unpaired) electrons. The highest BCUT2D eigenvalue weighted by Crippen LogP contribution is 2.38. The number of ether oxygens (including phenoxy) is 2. The molecule has 2 aromatic carbocycles. The lowest BCUT2D eigenvalue weighted by molar-refractivity contribution is -0.0497. The second kappa shape index (κ2) is 8.77. The van der Waals surface area contributed by atoms with Crippen molar-refractivity contribution in [1.29, 1.82) is 5.26 Å². The van der Waals surface area contributed by atoms with E-state index >= 15 is 0 Å². The second-order valence-electron chi connectivity index (χ2n) is 6.00. The fraction of sp³-hybridized carbons (Fsp3) is 0.200. The third kappa shape index (κ3) is 4.56. The Labute approximate surface area is 163 Å². The number of alkyl halides is 2. The van der Waals surface area contributed by atoms with Crippen molar-refractivity contribution < 1.29 is 32.9 Å². The summed E-state index contributed by atoms with van der Waals surface area (Å²) in [5, 5.41) is 28.6. The Morgan fingerprint density at radius 2 is 1.93 bits per heavy atom. The monoisotopic (exact) mass is 404 g/mol. The molecule has 0 saturated heterocycles. The Kier molecular flexibility index (Phi) is 6.16. The maximum Gasteiger partial charge on any atom is 0.387 e. The van der Waals surface area contributed by atoms with Crippen LogP contribution in [0.25, 0.3) is 21.9 Å². The van der Waals surface area contributed by atoms with E-state index in [1.807, 2.05) is 6.07 Å². The summed E-state index contributed by atoms with van der Waals surface area (Å²) in [6.07, 6.45) is -1.18. The third-order valence-corrected chi connectivity index (χ3v) is 4.01. The van der Waals surface area contributed by atoms with Crippen molar-refractivity contribution in [2.24, 2.45) is 0 Å². The lowest BCUT2D eigenvalue weighted by Crippen LogP contribution is -2.21. The number of aliphatic hydroxyl groups is 2. The second-order valence-corrected chi connectivity index (χ2v) is 6.00. The van der Waals surface area contributed by atoms with Gasteiger partial charge in [-0.2, -0.15) is 14.0 Å². The molecule has 0 aliphatic carbocycles. The molecule has 29 heavy (non-hydrogen) atoms. The van der Waals surface area contributed by atoms with Gasteiger partial charge in [0.15, 0.2) is 5.69 Å². The molecular weight excluding hydrogens is 389 g/mol. The lowest BCUT2D eigenvalue weighted by atomic mass is 9.97. The van der Waals surface area contributed by atoms with E-state index in [1.54, 1.807) is 6.07 Å². The summed E-state index contributed by atoms with van der Waals surface area (Å²) < 4.78 is 48.9. The van der Waals surface area contributed by atoms with E-state index < -0.39 is 25.1 Å². The maximum absolute atomic E-state index is 13.8. The number of halogens is 3. The molecule has 150 valence electrons. The topological polar surface area (TPSA) is 95.6 Å². The van der Waals surface area contributed by atoms with Gasteiger partial charge < -0.3 is 19.7 Å². The molecule has 1 heterocycles. The number of hydrogen-bond donors (Lipinski definition) is 2. The van der Waals surface area contributed by atoms with Crippen molar-refractivity contribution in [2.45, 2.75) is 12.7 Å². The molecule has 0 bridgehead atoms. The zero-order chi connectivity index (χ0) is 21.0. The van der Waals surface area contributed by atoms with Gasteiger partial charge in [-0.25, -0.2) is 9.37 Å². The van der Waals surface area contributed by atoms with Crippen LogP contribution in [0.15, 0.2) is 42.5 Å². The Hall–Kier alpha value is -3.35. The van der Waals surface area contributed by atoms with E-state index in [0.717, 1.165) is 0 Å². The van der Waals surface area contributed by atoms with Crippen LogP contribution in [0.1, 0.15) is 5.69 Å². The number of nitrogens with zero attached hydrogens (tertiary/aromatic N) is 2. The van der Waals surface area contributed by atoms with Crippen molar-refractivity contribution in [3.63, 3.8) is 0 Å². The number of benzene rings is 2. The van der Waals surface area contributed by atoms with E-state index in [1.165, 1.54) is 36.4 Å². The summed E-state index contributed by atoms with van der Waals surface area (Å²) in [6, 6.07) is 11.3. The average Bonchev–Trinajstić information content (AvgIpc) is 2.70. The Morgan fingerprint density at radius 3 is 2.59 bits per heavy atom. The van der Waals surface area contributed by atoms with Gasteiger partial charge in [-0.05, 0) is 35.9 Å².